The summed E-state index contributed by atoms with van der Waals surface area (Å²) in [4.78, 5) is 28.0. The summed E-state index contributed by atoms with van der Waals surface area (Å²) in [6.45, 7) is -0.477. The molecule has 34 heavy (non-hydrogen) atoms. The normalized spacial score (nSPS) is 11.3. The second-order valence-electron chi connectivity index (χ2n) is 6.83. The van der Waals surface area contributed by atoms with Gasteiger partial charge in [0.05, 0.1) is 22.0 Å². The fourth-order valence-electron chi connectivity index (χ4n) is 2.73. The first-order valence-electron chi connectivity index (χ1n) is 9.85. The standard InChI is InChI=1S/C24H18ClF3N2O4/c25-20-6-3-5-19(24(26,27)28)23(20)30-21(31)15-34-22(32)12-9-16-7-10-18(11-8-16)33-14-17-4-1-2-13-29-17/h1-13H,14-15H2,(H,30,31). The topological polar surface area (TPSA) is 77.5 Å². The van der Waals surface area contributed by atoms with E-state index in [0.29, 0.717) is 17.9 Å². The highest BCUT2D eigenvalue weighted by molar-refractivity contribution is 6.34. The Morgan fingerprint density at radius 2 is 1.79 bits per heavy atom. The summed E-state index contributed by atoms with van der Waals surface area (Å²) < 4.78 is 49.7. The molecule has 10 heteroatoms. The Bertz CT molecular complexity index is 1170. The lowest BCUT2D eigenvalue weighted by Gasteiger charge is -2.15. The molecule has 6 nitrogen and oxygen atoms in total. The Morgan fingerprint density at radius 1 is 1.03 bits per heavy atom. The number of halogens is 4. The Hall–Kier alpha value is -3.85. The van der Waals surface area contributed by atoms with Gasteiger partial charge in [0.25, 0.3) is 5.91 Å². The Labute approximate surface area is 198 Å². The second kappa shape index (κ2) is 11.3. The largest absolute Gasteiger partial charge is 0.487 e. The maximum absolute atomic E-state index is 13.1. The summed E-state index contributed by atoms with van der Waals surface area (Å²) in [5.41, 5.74) is -0.259. The van der Waals surface area contributed by atoms with E-state index >= 15 is 0 Å². The van der Waals surface area contributed by atoms with E-state index in [1.54, 1.807) is 30.5 Å². The van der Waals surface area contributed by atoms with Crippen molar-refractivity contribution in [3.05, 3.63) is 94.8 Å². The third-order valence-electron chi connectivity index (χ3n) is 4.33. The van der Waals surface area contributed by atoms with Gasteiger partial charge in [-0.05, 0) is 48.0 Å². The zero-order valence-electron chi connectivity index (χ0n) is 17.5. The number of para-hydroxylation sites is 1. The number of hydrogen-bond acceptors (Lipinski definition) is 5. The first-order valence-corrected chi connectivity index (χ1v) is 10.2. The van der Waals surface area contributed by atoms with Gasteiger partial charge < -0.3 is 14.8 Å². The molecule has 0 aliphatic heterocycles. The number of benzene rings is 2. The SMILES string of the molecule is O=C(COC(=O)C=Cc1ccc(OCc2ccccn2)cc1)Nc1c(Cl)cccc1C(F)(F)F. The number of anilines is 1. The number of esters is 1. The van der Waals surface area contributed by atoms with Gasteiger partial charge in [-0.2, -0.15) is 13.2 Å². The van der Waals surface area contributed by atoms with Gasteiger partial charge in [0, 0.05) is 12.3 Å². The molecule has 1 heterocycles. The van der Waals surface area contributed by atoms with Crippen LogP contribution in [0, 0.1) is 0 Å². The highest BCUT2D eigenvalue weighted by Gasteiger charge is 2.34. The predicted octanol–water partition coefficient (Wildman–Crippen LogP) is 5.53. The third kappa shape index (κ3) is 7.35. The molecule has 0 aliphatic rings. The molecule has 3 aromatic rings. The summed E-state index contributed by atoms with van der Waals surface area (Å²) >= 11 is 5.78. The number of alkyl halides is 3. The van der Waals surface area contributed by atoms with Gasteiger partial charge in [-0.15, -0.1) is 0 Å². The van der Waals surface area contributed by atoms with Crippen LogP contribution in [0.2, 0.25) is 5.02 Å². The van der Waals surface area contributed by atoms with Crippen molar-refractivity contribution in [2.24, 2.45) is 0 Å². The number of amides is 1. The van der Waals surface area contributed by atoms with E-state index in [1.165, 1.54) is 12.1 Å². The second-order valence-corrected chi connectivity index (χ2v) is 7.24. The minimum atomic E-state index is -4.72. The number of pyridine rings is 1. The number of hydrogen-bond donors (Lipinski definition) is 1. The first kappa shape index (κ1) is 24.8. The molecular weight excluding hydrogens is 473 g/mol. The minimum Gasteiger partial charge on any atom is -0.487 e. The molecule has 0 fully saturated rings. The molecular formula is C24H18ClF3N2O4. The maximum atomic E-state index is 13.1. The van der Waals surface area contributed by atoms with E-state index in [4.69, 9.17) is 21.1 Å². The zero-order chi connectivity index (χ0) is 24.6. The number of carbonyl (C=O) groups is 2. The summed E-state index contributed by atoms with van der Waals surface area (Å²) in [6, 6.07) is 15.5. The summed E-state index contributed by atoms with van der Waals surface area (Å²) in [5, 5.41) is 1.74. The molecule has 176 valence electrons. The average Bonchev–Trinajstić information content (AvgIpc) is 2.82. The molecule has 1 amide bonds. The monoisotopic (exact) mass is 490 g/mol. The van der Waals surface area contributed by atoms with Crippen molar-refractivity contribution < 1.29 is 32.2 Å². The number of ether oxygens (including phenoxy) is 2. The van der Waals surface area contributed by atoms with Crippen molar-refractivity contribution in [1.29, 1.82) is 0 Å². The number of aromatic nitrogens is 1. The molecule has 2 aromatic carbocycles. The van der Waals surface area contributed by atoms with Crippen molar-refractivity contribution in [2.45, 2.75) is 12.8 Å². The lowest BCUT2D eigenvalue weighted by molar-refractivity contribution is -0.142. The van der Waals surface area contributed by atoms with Crippen molar-refractivity contribution in [3.8, 4) is 5.75 Å². The molecule has 0 bridgehead atoms. The van der Waals surface area contributed by atoms with E-state index in [-0.39, 0.29) is 5.02 Å². The van der Waals surface area contributed by atoms with Gasteiger partial charge in [-0.3, -0.25) is 9.78 Å². The summed E-state index contributed by atoms with van der Waals surface area (Å²) in [6.07, 6.45) is -0.496. The molecule has 0 saturated carbocycles. The number of nitrogens with zero attached hydrogens (tertiary/aromatic N) is 1. The molecule has 3 rings (SSSR count). The van der Waals surface area contributed by atoms with Crippen LogP contribution < -0.4 is 10.1 Å². The molecule has 0 aliphatic carbocycles. The number of carbonyl (C=O) groups excluding carboxylic acids is 2. The van der Waals surface area contributed by atoms with Gasteiger partial charge in [0.15, 0.2) is 6.61 Å². The van der Waals surface area contributed by atoms with Crippen LogP contribution in [-0.2, 0) is 27.1 Å². The molecule has 1 N–H and O–H groups in total. The fraction of sp³-hybridized carbons (Fsp3) is 0.125. The van der Waals surface area contributed by atoms with Crippen LogP contribution in [0.15, 0.2) is 72.9 Å². The highest BCUT2D eigenvalue weighted by Crippen LogP contribution is 2.38. The van der Waals surface area contributed by atoms with Crippen LogP contribution in [0.4, 0.5) is 18.9 Å². The van der Waals surface area contributed by atoms with Crippen LogP contribution in [0.1, 0.15) is 16.8 Å². The third-order valence-corrected chi connectivity index (χ3v) is 4.65. The minimum absolute atomic E-state index is 0.290. The van der Waals surface area contributed by atoms with Crippen LogP contribution in [-0.4, -0.2) is 23.5 Å². The van der Waals surface area contributed by atoms with Gasteiger partial charge >= 0.3 is 12.1 Å². The number of nitrogens with one attached hydrogen (secondary N) is 1. The van der Waals surface area contributed by atoms with Crippen LogP contribution in [0.25, 0.3) is 6.08 Å². The molecule has 1 aromatic heterocycles. The lowest BCUT2D eigenvalue weighted by Crippen LogP contribution is -2.22. The van der Waals surface area contributed by atoms with Crippen molar-refractivity contribution in [1.82, 2.24) is 4.98 Å². The van der Waals surface area contributed by atoms with Crippen molar-refractivity contribution in [3.63, 3.8) is 0 Å². The van der Waals surface area contributed by atoms with E-state index in [0.717, 1.165) is 23.9 Å². The molecule has 0 spiro atoms. The van der Waals surface area contributed by atoms with Gasteiger partial charge in [0.1, 0.15) is 12.4 Å². The average molecular weight is 491 g/mol. The van der Waals surface area contributed by atoms with Gasteiger partial charge in [-0.25, -0.2) is 4.79 Å². The Morgan fingerprint density at radius 3 is 2.47 bits per heavy atom. The van der Waals surface area contributed by atoms with Crippen molar-refractivity contribution >= 4 is 35.2 Å². The van der Waals surface area contributed by atoms with Crippen molar-refractivity contribution in [2.75, 3.05) is 11.9 Å². The maximum Gasteiger partial charge on any atom is 0.418 e. The van der Waals surface area contributed by atoms with E-state index < -0.39 is 35.9 Å². The molecule has 0 saturated heterocycles. The summed E-state index contributed by atoms with van der Waals surface area (Å²) in [7, 11) is 0. The van der Waals surface area contributed by atoms with Gasteiger partial charge in [0.2, 0.25) is 0 Å². The Balaban J connectivity index is 1.48. The number of rotatable bonds is 8. The van der Waals surface area contributed by atoms with E-state index in [1.807, 2.05) is 23.5 Å². The fourth-order valence-corrected chi connectivity index (χ4v) is 2.95. The van der Waals surface area contributed by atoms with E-state index in [2.05, 4.69) is 4.98 Å². The zero-order valence-corrected chi connectivity index (χ0v) is 18.3. The molecule has 0 radical (unpaired) electrons. The lowest BCUT2D eigenvalue weighted by atomic mass is 10.1. The summed E-state index contributed by atoms with van der Waals surface area (Å²) in [5.74, 6) is -1.20. The highest BCUT2D eigenvalue weighted by atomic mass is 35.5. The smallest absolute Gasteiger partial charge is 0.418 e. The molecule has 0 atom stereocenters. The van der Waals surface area contributed by atoms with Crippen LogP contribution >= 0.6 is 11.6 Å². The quantitative estimate of drug-likeness (QED) is 0.332. The van der Waals surface area contributed by atoms with Crippen LogP contribution in [0.5, 0.6) is 5.75 Å². The Kier molecular flexibility index (Phi) is 8.26. The van der Waals surface area contributed by atoms with Gasteiger partial charge in [-0.1, -0.05) is 35.9 Å². The van der Waals surface area contributed by atoms with E-state index in [9.17, 15) is 22.8 Å². The molecule has 0 unspecified atom stereocenters. The predicted molar refractivity (Wildman–Crippen MR) is 120 cm³/mol. The van der Waals surface area contributed by atoms with Crippen LogP contribution in [0.3, 0.4) is 0 Å². The first-order chi connectivity index (χ1) is 16.2.